The minimum Gasteiger partial charge on any atom is -0.497 e. The van der Waals surface area contributed by atoms with Gasteiger partial charge >= 0.3 is 0 Å². The fourth-order valence-electron chi connectivity index (χ4n) is 2.54. The Morgan fingerprint density at radius 2 is 1.92 bits per heavy atom. The van der Waals surface area contributed by atoms with E-state index in [-0.39, 0.29) is 5.91 Å². The Balaban J connectivity index is 1.50. The van der Waals surface area contributed by atoms with E-state index in [0.717, 1.165) is 22.6 Å². The van der Waals surface area contributed by atoms with E-state index in [4.69, 9.17) is 9.26 Å². The lowest BCUT2D eigenvalue weighted by atomic mass is 10.2. The first-order valence-electron chi connectivity index (χ1n) is 8.48. The Labute approximate surface area is 152 Å². The van der Waals surface area contributed by atoms with Crippen LogP contribution in [-0.2, 0) is 11.2 Å². The molecule has 0 aliphatic rings. The molecule has 0 aliphatic carbocycles. The van der Waals surface area contributed by atoms with Gasteiger partial charge in [0.05, 0.1) is 7.11 Å². The Hall–Kier alpha value is -3.15. The largest absolute Gasteiger partial charge is 0.497 e. The fraction of sp³-hybridized carbons (Fsp3) is 0.250. The molecule has 1 N–H and O–H groups in total. The van der Waals surface area contributed by atoms with Crippen LogP contribution in [0.4, 0.5) is 5.69 Å². The average molecular weight is 351 g/mol. The Morgan fingerprint density at radius 1 is 1.15 bits per heavy atom. The molecule has 134 valence electrons. The van der Waals surface area contributed by atoms with Crippen LogP contribution in [-0.4, -0.2) is 23.2 Å². The van der Waals surface area contributed by atoms with E-state index in [2.05, 4.69) is 15.5 Å². The van der Waals surface area contributed by atoms with Crippen LogP contribution >= 0.6 is 0 Å². The lowest BCUT2D eigenvalue weighted by Gasteiger charge is -2.07. The smallest absolute Gasteiger partial charge is 0.226 e. The second-order valence-electron chi connectivity index (χ2n) is 5.96. The number of carbonyl (C=O) groups excluding carboxylic acids is 1. The summed E-state index contributed by atoms with van der Waals surface area (Å²) in [6.45, 7) is 1.97. The molecule has 0 saturated heterocycles. The van der Waals surface area contributed by atoms with Crippen LogP contribution in [0.15, 0.2) is 53.1 Å². The fourth-order valence-corrected chi connectivity index (χ4v) is 2.54. The average Bonchev–Trinajstić information content (AvgIpc) is 3.12. The molecule has 6 heteroatoms. The standard InChI is InChI=1S/C20H21N3O3/c1-14-6-3-4-7-17(14)21-18(24)8-5-9-19-22-20(23-26-19)15-10-12-16(25-2)13-11-15/h3-4,6-7,10-13H,5,8-9H2,1-2H3,(H,21,24). The molecule has 1 aromatic heterocycles. The van der Waals surface area contributed by atoms with Gasteiger partial charge in [-0.15, -0.1) is 0 Å². The number of rotatable bonds is 7. The molecule has 1 amide bonds. The lowest BCUT2D eigenvalue weighted by Crippen LogP contribution is -2.12. The Kier molecular flexibility index (Phi) is 5.63. The van der Waals surface area contributed by atoms with Crippen molar-refractivity contribution in [3.63, 3.8) is 0 Å². The van der Waals surface area contributed by atoms with Crippen molar-refractivity contribution in [1.29, 1.82) is 0 Å². The molecule has 0 atom stereocenters. The van der Waals surface area contributed by atoms with Crippen LogP contribution in [0.25, 0.3) is 11.4 Å². The van der Waals surface area contributed by atoms with E-state index in [1.54, 1.807) is 7.11 Å². The van der Waals surface area contributed by atoms with Crippen molar-refractivity contribution in [2.24, 2.45) is 0 Å². The first-order chi connectivity index (χ1) is 12.7. The molecule has 0 bridgehead atoms. The van der Waals surface area contributed by atoms with Crippen molar-refractivity contribution >= 4 is 11.6 Å². The number of nitrogens with one attached hydrogen (secondary N) is 1. The molecule has 26 heavy (non-hydrogen) atoms. The molecule has 3 rings (SSSR count). The van der Waals surface area contributed by atoms with E-state index < -0.39 is 0 Å². The summed E-state index contributed by atoms with van der Waals surface area (Å²) < 4.78 is 10.4. The molecule has 0 saturated carbocycles. The SMILES string of the molecule is COc1ccc(-c2noc(CCCC(=O)Nc3ccccc3C)n2)cc1. The van der Waals surface area contributed by atoms with Crippen molar-refractivity contribution in [3.05, 3.63) is 60.0 Å². The molecular weight excluding hydrogens is 330 g/mol. The highest BCUT2D eigenvalue weighted by Crippen LogP contribution is 2.20. The van der Waals surface area contributed by atoms with Gasteiger partial charge in [0, 0.05) is 24.1 Å². The number of para-hydroxylation sites is 1. The quantitative estimate of drug-likeness (QED) is 0.696. The number of amides is 1. The summed E-state index contributed by atoms with van der Waals surface area (Å²) in [6, 6.07) is 15.2. The number of hydrogen-bond donors (Lipinski definition) is 1. The zero-order chi connectivity index (χ0) is 18.4. The number of aromatic nitrogens is 2. The monoisotopic (exact) mass is 351 g/mol. The van der Waals surface area contributed by atoms with E-state index >= 15 is 0 Å². The lowest BCUT2D eigenvalue weighted by molar-refractivity contribution is -0.116. The van der Waals surface area contributed by atoms with Gasteiger partial charge in [0.15, 0.2) is 0 Å². The highest BCUT2D eigenvalue weighted by molar-refractivity contribution is 5.91. The predicted molar refractivity (Wildman–Crippen MR) is 99.0 cm³/mol. The third-order valence-corrected chi connectivity index (χ3v) is 4.03. The Morgan fingerprint density at radius 3 is 2.65 bits per heavy atom. The van der Waals surface area contributed by atoms with Gasteiger partial charge in [0.2, 0.25) is 17.6 Å². The van der Waals surface area contributed by atoms with Crippen molar-refractivity contribution in [1.82, 2.24) is 10.1 Å². The highest BCUT2D eigenvalue weighted by atomic mass is 16.5. The molecule has 0 fully saturated rings. The second-order valence-corrected chi connectivity index (χ2v) is 5.96. The zero-order valence-electron chi connectivity index (χ0n) is 14.9. The molecule has 0 spiro atoms. The number of carbonyl (C=O) groups is 1. The van der Waals surface area contributed by atoms with Crippen LogP contribution in [0.1, 0.15) is 24.3 Å². The van der Waals surface area contributed by atoms with E-state index in [9.17, 15) is 4.79 Å². The molecule has 1 heterocycles. The highest BCUT2D eigenvalue weighted by Gasteiger charge is 2.10. The van der Waals surface area contributed by atoms with Crippen LogP contribution in [0.2, 0.25) is 0 Å². The number of benzene rings is 2. The summed E-state index contributed by atoms with van der Waals surface area (Å²) in [5.41, 5.74) is 2.75. The maximum Gasteiger partial charge on any atom is 0.226 e. The van der Waals surface area contributed by atoms with Gasteiger partial charge in [-0.05, 0) is 49.2 Å². The third-order valence-electron chi connectivity index (χ3n) is 4.03. The maximum absolute atomic E-state index is 12.1. The number of aryl methyl sites for hydroxylation is 2. The molecule has 0 radical (unpaired) electrons. The normalized spacial score (nSPS) is 10.5. The minimum atomic E-state index is -0.0193. The summed E-state index contributed by atoms with van der Waals surface area (Å²) in [4.78, 5) is 16.4. The zero-order valence-corrected chi connectivity index (χ0v) is 14.9. The topological polar surface area (TPSA) is 77.2 Å². The molecule has 2 aromatic carbocycles. The van der Waals surface area contributed by atoms with Crippen molar-refractivity contribution in [2.75, 3.05) is 12.4 Å². The van der Waals surface area contributed by atoms with Gasteiger partial charge in [-0.3, -0.25) is 4.79 Å². The van der Waals surface area contributed by atoms with Gasteiger partial charge in [-0.1, -0.05) is 23.4 Å². The van der Waals surface area contributed by atoms with Gasteiger partial charge in [0.1, 0.15) is 5.75 Å². The van der Waals surface area contributed by atoms with E-state index in [1.165, 1.54) is 0 Å². The summed E-state index contributed by atoms with van der Waals surface area (Å²) in [7, 11) is 1.62. The minimum absolute atomic E-state index is 0.0193. The van der Waals surface area contributed by atoms with Crippen LogP contribution in [0.3, 0.4) is 0 Å². The first kappa shape index (κ1) is 17.7. The van der Waals surface area contributed by atoms with Gasteiger partial charge in [0.25, 0.3) is 0 Å². The van der Waals surface area contributed by atoms with Crippen molar-refractivity contribution < 1.29 is 14.1 Å². The predicted octanol–water partition coefficient (Wildman–Crippen LogP) is 4.02. The summed E-state index contributed by atoms with van der Waals surface area (Å²) >= 11 is 0. The summed E-state index contributed by atoms with van der Waals surface area (Å²) in [5, 5.41) is 6.91. The molecule has 0 aliphatic heterocycles. The van der Waals surface area contributed by atoms with Gasteiger partial charge in [-0.2, -0.15) is 4.98 Å². The van der Waals surface area contributed by atoms with Crippen LogP contribution in [0, 0.1) is 6.92 Å². The van der Waals surface area contributed by atoms with Crippen LogP contribution < -0.4 is 10.1 Å². The molecule has 6 nitrogen and oxygen atoms in total. The summed E-state index contributed by atoms with van der Waals surface area (Å²) in [6.07, 6.45) is 1.60. The first-order valence-corrected chi connectivity index (χ1v) is 8.48. The van der Waals surface area contributed by atoms with Crippen LogP contribution in [0.5, 0.6) is 5.75 Å². The number of nitrogens with zero attached hydrogens (tertiary/aromatic N) is 2. The molecule has 0 unspecified atom stereocenters. The van der Waals surface area contributed by atoms with Gasteiger partial charge < -0.3 is 14.6 Å². The number of hydrogen-bond acceptors (Lipinski definition) is 5. The second kappa shape index (κ2) is 8.29. The van der Waals surface area contributed by atoms with Gasteiger partial charge in [-0.25, -0.2) is 0 Å². The number of methoxy groups -OCH3 is 1. The number of anilines is 1. The van der Waals surface area contributed by atoms with Crippen molar-refractivity contribution in [3.8, 4) is 17.1 Å². The number of ether oxygens (including phenoxy) is 1. The third kappa shape index (κ3) is 4.47. The maximum atomic E-state index is 12.1. The van der Waals surface area contributed by atoms with E-state index in [1.807, 2.05) is 55.5 Å². The van der Waals surface area contributed by atoms with E-state index in [0.29, 0.717) is 31.0 Å². The summed E-state index contributed by atoms with van der Waals surface area (Å²) in [5.74, 6) is 1.82. The Bertz CT molecular complexity index is 872. The molecule has 3 aromatic rings. The van der Waals surface area contributed by atoms with Crippen molar-refractivity contribution in [2.45, 2.75) is 26.2 Å². The molecular formula is C20H21N3O3.